The highest BCUT2D eigenvalue weighted by Crippen LogP contribution is 2.45. The van der Waals surface area contributed by atoms with Crippen LogP contribution in [0.2, 0.25) is 0 Å². The molecule has 2 saturated heterocycles. The van der Waals surface area contributed by atoms with Gasteiger partial charge in [0.2, 0.25) is 17.6 Å². The van der Waals surface area contributed by atoms with Crippen molar-refractivity contribution < 1.29 is 24.0 Å². The number of nitrogens with one attached hydrogen (secondary N) is 4. The Morgan fingerprint density at radius 2 is 1.82 bits per heavy atom. The average Bonchev–Trinajstić information content (AvgIpc) is 3.29. The molecule has 3 aliphatic rings. The largest absolute Gasteiger partial charge is 0.356 e. The number of amides is 4. The molecule has 202 valence electrons. The number of hydrogen-bond donors (Lipinski definition) is 4. The molecule has 5 rings (SSSR count). The molecule has 3 heterocycles. The third-order valence-electron chi connectivity index (χ3n) is 7.92. The van der Waals surface area contributed by atoms with E-state index in [9.17, 15) is 24.0 Å². The van der Waals surface area contributed by atoms with E-state index < -0.39 is 35.6 Å². The number of hydrogen-bond acceptors (Lipinski definition) is 5. The van der Waals surface area contributed by atoms with Gasteiger partial charge >= 0.3 is 0 Å². The fourth-order valence-corrected chi connectivity index (χ4v) is 5.88. The fourth-order valence-electron chi connectivity index (χ4n) is 5.88. The van der Waals surface area contributed by atoms with Gasteiger partial charge in [-0.2, -0.15) is 0 Å². The Kier molecular flexibility index (Phi) is 7.23. The molecular formula is C28H35N5O5. The molecule has 4 amide bonds. The predicted octanol–water partition coefficient (Wildman–Crippen LogP) is 1.51. The molecule has 10 heteroatoms. The minimum absolute atomic E-state index is 0.0154. The zero-order chi connectivity index (χ0) is 27.0. The highest BCUT2D eigenvalue weighted by atomic mass is 16.2. The van der Waals surface area contributed by atoms with E-state index in [2.05, 4.69) is 20.9 Å². The SMILES string of the molecule is CC(C)NC(=O)C(=O)[C@H](C[C@@H]1CCNC1=O)NC(=O)[C@@H]1[C@@H](C2CC2)CCN1C(=O)c1cc2ccccc2[nH]1. The maximum absolute atomic E-state index is 13.8. The summed E-state index contributed by atoms with van der Waals surface area (Å²) in [5.74, 6) is -2.60. The first-order chi connectivity index (χ1) is 18.2. The van der Waals surface area contributed by atoms with Crippen molar-refractivity contribution in [1.82, 2.24) is 25.8 Å². The normalized spacial score (nSPS) is 23.9. The second kappa shape index (κ2) is 10.6. The van der Waals surface area contributed by atoms with Gasteiger partial charge in [0.1, 0.15) is 11.7 Å². The third kappa shape index (κ3) is 5.30. The summed E-state index contributed by atoms with van der Waals surface area (Å²) in [6.07, 6.45) is 3.28. The van der Waals surface area contributed by atoms with Crippen molar-refractivity contribution in [2.45, 2.75) is 64.1 Å². The number of nitrogens with zero attached hydrogens (tertiary/aromatic N) is 1. The molecule has 0 spiro atoms. The smallest absolute Gasteiger partial charge is 0.289 e. The zero-order valence-corrected chi connectivity index (χ0v) is 21.8. The van der Waals surface area contributed by atoms with Crippen molar-refractivity contribution in [3.8, 4) is 0 Å². The molecule has 0 unspecified atom stereocenters. The van der Waals surface area contributed by atoms with E-state index in [-0.39, 0.29) is 30.2 Å². The van der Waals surface area contributed by atoms with Crippen LogP contribution in [0.3, 0.4) is 0 Å². The number of para-hydroxylation sites is 1. The zero-order valence-electron chi connectivity index (χ0n) is 21.8. The molecule has 10 nitrogen and oxygen atoms in total. The van der Waals surface area contributed by atoms with Crippen LogP contribution in [-0.2, 0) is 19.2 Å². The number of carbonyl (C=O) groups is 5. The number of carbonyl (C=O) groups excluding carboxylic acids is 5. The number of aromatic nitrogens is 1. The van der Waals surface area contributed by atoms with E-state index in [1.54, 1.807) is 24.8 Å². The van der Waals surface area contributed by atoms with Crippen LogP contribution < -0.4 is 16.0 Å². The summed E-state index contributed by atoms with van der Waals surface area (Å²) in [4.78, 5) is 70.2. The van der Waals surface area contributed by atoms with Gasteiger partial charge in [0.05, 0.1) is 6.04 Å². The van der Waals surface area contributed by atoms with E-state index >= 15 is 0 Å². The van der Waals surface area contributed by atoms with Crippen LogP contribution in [0.25, 0.3) is 10.9 Å². The van der Waals surface area contributed by atoms with Crippen LogP contribution in [0, 0.1) is 17.8 Å². The highest BCUT2D eigenvalue weighted by Gasteiger charge is 2.49. The molecule has 38 heavy (non-hydrogen) atoms. The lowest BCUT2D eigenvalue weighted by molar-refractivity contribution is -0.141. The Labute approximate surface area is 221 Å². The van der Waals surface area contributed by atoms with Crippen LogP contribution in [-0.4, -0.2) is 70.5 Å². The number of Topliss-reactive ketones (excluding diaryl/α,β-unsaturated/α-hetero) is 1. The van der Waals surface area contributed by atoms with Gasteiger partial charge in [-0.1, -0.05) is 18.2 Å². The summed E-state index contributed by atoms with van der Waals surface area (Å²) >= 11 is 0. The lowest BCUT2D eigenvalue weighted by Gasteiger charge is -2.29. The molecule has 2 aliphatic heterocycles. The molecule has 0 bridgehead atoms. The molecular weight excluding hydrogens is 486 g/mol. The van der Waals surface area contributed by atoms with Crippen LogP contribution >= 0.6 is 0 Å². The van der Waals surface area contributed by atoms with Gasteiger partial charge in [0, 0.05) is 36.0 Å². The Bertz CT molecular complexity index is 1230. The molecule has 3 fully saturated rings. The fraction of sp³-hybridized carbons (Fsp3) is 0.536. The number of benzene rings is 1. The molecule has 4 N–H and O–H groups in total. The van der Waals surface area contributed by atoms with Gasteiger partial charge in [0.25, 0.3) is 11.8 Å². The summed E-state index contributed by atoms with van der Waals surface area (Å²) in [6, 6.07) is 7.24. The Balaban J connectivity index is 1.38. The predicted molar refractivity (Wildman–Crippen MR) is 140 cm³/mol. The number of H-pyrrole nitrogens is 1. The first-order valence-electron chi connectivity index (χ1n) is 13.5. The van der Waals surface area contributed by atoms with Crippen molar-refractivity contribution >= 4 is 40.3 Å². The van der Waals surface area contributed by atoms with Gasteiger partial charge in [-0.25, -0.2) is 0 Å². The average molecular weight is 522 g/mol. The van der Waals surface area contributed by atoms with Crippen LogP contribution in [0.4, 0.5) is 0 Å². The molecule has 2 aromatic rings. The van der Waals surface area contributed by atoms with E-state index in [4.69, 9.17) is 0 Å². The Morgan fingerprint density at radius 3 is 2.47 bits per heavy atom. The number of fused-ring (bicyclic) bond motifs is 1. The van der Waals surface area contributed by atoms with E-state index in [0.717, 1.165) is 23.7 Å². The van der Waals surface area contributed by atoms with E-state index in [0.29, 0.717) is 37.5 Å². The van der Waals surface area contributed by atoms with E-state index in [1.165, 1.54) is 0 Å². The maximum atomic E-state index is 13.8. The van der Waals surface area contributed by atoms with Crippen molar-refractivity contribution in [3.05, 3.63) is 36.0 Å². The van der Waals surface area contributed by atoms with Crippen molar-refractivity contribution in [2.75, 3.05) is 13.1 Å². The first kappa shape index (κ1) is 25.9. The topological polar surface area (TPSA) is 140 Å². The summed E-state index contributed by atoms with van der Waals surface area (Å²) < 4.78 is 0. The van der Waals surface area contributed by atoms with Crippen molar-refractivity contribution in [2.24, 2.45) is 17.8 Å². The third-order valence-corrected chi connectivity index (χ3v) is 7.92. The standard InChI is InChI=1S/C28H35N5O5/c1-15(2)30-27(37)24(34)21(14-18-9-11-29-25(18)35)32-26(36)23-19(16-7-8-16)10-12-33(23)28(38)22-13-17-5-3-4-6-20(17)31-22/h3-6,13,15-16,18-19,21,23,31H,7-12,14H2,1-2H3,(H,29,35)(H,30,37)(H,32,36)/t18-,19+,21-,23-/m0/s1. The highest BCUT2D eigenvalue weighted by molar-refractivity contribution is 6.38. The molecule has 1 aromatic heterocycles. The van der Waals surface area contributed by atoms with E-state index in [1.807, 2.05) is 24.3 Å². The number of likely N-dealkylation sites (tertiary alicyclic amines) is 1. The van der Waals surface area contributed by atoms with Gasteiger partial charge in [0.15, 0.2) is 0 Å². The summed E-state index contributed by atoms with van der Waals surface area (Å²) in [5, 5.41) is 9.05. The minimum Gasteiger partial charge on any atom is -0.356 e. The number of ketones is 1. The summed E-state index contributed by atoms with van der Waals surface area (Å²) in [7, 11) is 0. The lowest BCUT2D eigenvalue weighted by Crippen LogP contribution is -2.56. The van der Waals surface area contributed by atoms with Gasteiger partial charge in [-0.05, 0) is 69.9 Å². The Hall–Kier alpha value is -3.69. The second-order valence-electron chi connectivity index (χ2n) is 11.1. The van der Waals surface area contributed by atoms with Gasteiger partial charge < -0.3 is 25.8 Å². The minimum atomic E-state index is -1.15. The molecule has 0 radical (unpaired) electrons. The summed E-state index contributed by atoms with van der Waals surface area (Å²) in [6.45, 7) is 4.42. The van der Waals surface area contributed by atoms with Gasteiger partial charge in [-0.15, -0.1) is 0 Å². The van der Waals surface area contributed by atoms with Crippen molar-refractivity contribution in [3.63, 3.8) is 0 Å². The number of rotatable bonds is 9. The summed E-state index contributed by atoms with van der Waals surface area (Å²) in [5.41, 5.74) is 1.25. The van der Waals surface area contributed by atoms with Crippen LogP contribution in [0.5, 0.6) is 0 Å². The maximum Gasteiger partial charge on any atom is 0.289 e. The van der Waals surface area contributed by atoms with Crippen molar-refractivity contribution in [1.29, 1.82) is 0 Å². The molecule has 4 atom stereocenters. The molecule has 1 aliphatic carbocycles. The van der Waals surface area contributed by atoms with Crippen LogP contribution in [0.1, 0.15) is 56.4 Å². The van der Waals surface area contributed by atoms with Gasteiger partial charge in [-0.3, -0.25) is 24.0 Å². The van der Waals surface area contributed by atoms with Crippen LogP contribution in [0.15, 0.2) is 30.3 Å². The molecule has 1 aromatic carbocycles. The Morgan fingerprint density at radius 1 is 1.05 bits per heavy atom. The first-order valence-corrected chi connectivity index (χ1v) is 13.5. The molecule has 1 saturated carbocycles. The lowest BCUT2D eigenvalue weighted by atomic mass is 9.92. The number of aromatic amines is 1. The monoisotopic (exact) mass is 521 g/mol. The quantitative estimate of drug-likeness (QED) is 0.370. The second-order valence-corrected chi connectivity index (χ2v) is 11.1.